The van der Waals surface area contributed by atoms with Gasteiger partial charge in [0.15, 0.2) is 5.78 Å². The number of esters is 3. The number of allylic oxidation sites excluding steroid dienone is 6. The van der Waals surface area contributed by atoms with Gasteiger partial charge in [-0.1, -0.05) is 71.1 Å². The number of hydrogen-bond donors (Lipinski definition) is 2. The highest BCUT2D eigenvalue weighted by Crippen LogP contribution is 2.38. The Balaban J connectivity index is 1.68. The number of piperidine rings is 1. The number of ketones is 3. The SMILES string of the molecule is COC(=O)CCC(=O)O[C@@H]1CC[C@@H](C[C@@H](C)[C@@H]2CC(=O)[C@H](C)/C=C(\C)C(O)C(OC)C(=O)[C@H](C)C[C@H](C)/C=C/C=C/C=C(\C)[C@@H](OC)C[C@@H]3CC[C@@H](C)[C@@](O)(O3)C(=O)C(=O)N3CCCC[C@H]3C(=O)O2)C[C@H]1OC. The molecule has 15 atom stereocenters. The maximum Gasteiger partial charge on any atom is 0.329 e. The van der Waals surface area contributed by atoms with E-state index >= 15 is 0 Å². The van der Waals surface area contributed by atoms with Gasteiger partial charge in [-0.2, -0.15) is 0 Å². The zero-order valence-electron chi connectivity index (χ0n) is 45.2. The molecule has 0 spiro atoms. The number of rotatable bonds is 10. The predicted molar refractivity (Wildman–Crippen MR) is 270 cm³/mol. The van der Waals surface area contributed by atoms with Crippen molar-refractivity contribution >= 4 is 41.2 Å². The lowest BCUT2D eigenvalue weighted by Crippen LogP contribution is -2.61. The molecule has 4 aliphatic rings. The second-order valence-corrected chi connectivity index (χ2v) is 21.1. The molecule has 1 aliphatic carbocycles. The minimum atomic E-state index is -2.46. The van der Waals surface area contributed by atoms with Crippen LogP contribution in [0.1, 0.15) is 138 Å². The largest absolute Gasteiger partial charge is 0.469 e. The summed E-state index contributed by atoms with van der Waals surface area (Å²) in [5.74, 6) is -9.56. The molecule has 0 aromatic carbocycles. The molecule has 2 N–H and O–H groups in total. The van der Waals surface area contributed by atoms with Crippen LogP contribution < -0.4 is 0 Å². The van der Waals surface area contributed by atoms with E-state index in [1.165, 1.54) is 26.2 Å². The Labute approximate surface area is 432 Å². The third-order valence-corrected chi connectivity index (χ3v) is 15.5. The Morgan fingerprint density at radius 3 is 2.21 bits per heavy atom. The van der Waals surface area contributed by atoms with Crippen LogP contribution in [0.4, 0.5) is 0 Å². The van der Waals surface area contributed by atoms with Gasteiger partial charge in [0.1, 0.15) is 36.2 Å². The summed E-state index contributed by atoms with van der Waals surface area (Å²) in [5, 5.41) is 23.5. The molecule has 0 aromatic rings. The molecule has 3 heterocycles. The van der Waals surface area contributed by atoms with Crippen LogP contribution in [0.2, 0.25) is 0 Å². The maximum absolute atomic E-state index is 14.5. The zero-order valence-corrected chi connectivity index (χ0v) is 45.2. The first-order valence-corrected chi connectivity index (χ1v) is 26.3. The fraction of sp³-hybridized carbons (Fsp3) is 0.732. The molecule has 4 rings (SSSR count). The van der Waals surface area contributed by atoms with Crippen molar-refractivity contribution in [3.8, 4) is 0 Å². The Morgan fingerprint density at radius 1 is 0.822 bits per heavy atom. The van der Waals surface area contributed by atoms with Crippen LogP contribution in [0.25, 0.3) is 0 Å². The van der Waals surface area contributed by atoms with Gasteiger partial charge in [-0.05, 0) is 107 Å². The van der Waals surface area contributed by atoms with E-state index in [4.69, 9.17) is 28.4 Å². The molecule has 1 amide bonds. The van der Waals surface area contributed by atoms with Crippen LogP contribution in [-0.4, -0.2) is 146 Å². The number of amides is 1. The van der Waals surface area contributed by atoms with Gasteiger partial charge in [0, 0.05) is 58.5 Å². The van der Waals surface area contributed by atoms with Crippen LogP contribution in [-0.2, 0) is 66.7 Å². The maximum atomic E-state index is 14.5. The summed E-state index contributed by atoms with van der Waals surface area (Å²) in [7, 11) is 5.71. The van der Waals surface area contributed by atoms with Crippen molar-refractivity contribution < 1.29 is 76.9 Å². The molecule has 1 saturated carbocycles. The Kier molecular flexibility index (Phi) is 24.3. The first kappa shape index (κ1) is 61.2. The van der Waals surface area contributed by atoms with E-state index in [0.717, 1.165) is 5.57 Å². The molecule has 0 radical (unpaired) electrons. The molecule has 2 saturated heterocycles. The van der Waals surface area contributed by atoms with E-state index in [0.29, 0.717) is 69.8 Å². The number of fused-ring (bicyclic) bond motifs is 3. The molecule has 2 bridgehead atoms. The van der Waals surface area contributed by atoms with E-state index in [-0.39, 0.29) is 55.6 Å². The molecule has 17 heteroatoms. The standard InChI is InChI=1S/C56H85NO16/c1-33-17-13-12-14-18-34(2)45(67-8)31-41-22-20-39(7)56(66,73-41)53(63)54(64)57-26-16-15-19-42(57)55(65)72-46(32-43(58)35(3)28-38(6)51(62)52(70-11)50(61)37(5)27-33)36(4)29-40-21-23-44(47(30-40)68-9)71-49(60)25-24-48(59)69-10/h12-14,17-18,28,33,35-37,39-42,44-47,51-52,62,66H,15-16,19-27,29-32H2,1-11H3/b14-12+,17-13+,34-18+,38-28+/t33-,35-,36-,37-,39-,40+,41+,42+,44-,45+,46+,47-,51?,52?,56-/m1/s1. The van der Waals surface area contributed by atoms with Gasteiger partial charge in [0.05, 0.1) is 38.3 Å². The van der Waals surface area contributed by atoms with E-state index < -0.39 is 108 Å². The number of aliphatic hydroxyl groups is 2. The van der Waals surface area contributed by atoms with Crippen LogP contribution in [0, 0.1) is 35.5 Å². The lowest BCUT2D eigenvalue weighted by atomic mass is 9.78. The van der Waals surface area contributed by atoms with Crippen LogP contribution in [0.5, 0.6) is 0 Å². The fourth-order valence-electron chi connectivity index (χ4n) is 10.8. The van der Waals surface area contributed by atoms with Crippen molar-refractivity contribution in [2.75, 3.05) is 35.0 Å². The summed E-state index contributed by atoms with van der Waals surface area (Å²) in [4.78, 5) is 96.6. The zero-order chi connectivity index (χ0) is 54.2. The average Bonchev–Trinajstić information content (AvgIpc) is 3.37. The van der Waals surface area contributed by atoms with Gasteiger partial charge in [-0.3, -0.25) is 28.8 Å². The van der Waals surface area contributed by atoms with Gasteiger partial charge < -0.3 is 48.3 Å². The fourth-order valence-corrected chi connectivity index (χ4v) is 10.8. The molecule has 73 heavy (non-hydrogen) atoms. The van der Waals surface area contributed by atoms with Crippen molar-refractivity contribution in [1.29, 1.82) is 0 Å². The number of carbonyl (C=O) groups excluding carboxylic acids is 7. The minimum absolute atomic E-state index is 0.00335. The molecular weight excluding hydrogens is 943 g/mol. The lowest BCUT2D eigenvalue weighted by molar-refractivity contribution is -0.265. The lowest BCUT2D eigenvalue weighted by Gasteiger charge is -2.42. The Hall–Kier alpha value is -4.39. The number of cyclic esters (lactones) is 1. The van der Waals surface area contributed by atoms with Gasteiger partial charge in [-0.15, -0.1) is 0 Å². The van der Waals surface area contributed by atoms with E-state index in [1.54, 1.807) is 40.9 Å². The molecule has 410 valence electrons. The summed E-state index contributed by atoms with van der Waals surface area (Å²) in [5.41, 5.74) is 1.22. The highest BCUT2D eigenvalue weighted by molar-refractivity contribution is 6.39. The molecule has 3 fully saturated rings. The van der Waals surface area contributed by atoms with Crippen molar-refractivity contribution in [1.82, 2.24) is 4.90 Å². The predicted octanol–water partition coefficient (Wildman–Crippen LogP) is 6.68. The number of aliphatic hydroxyl groups excluding tert-OH is 1. The number of hydrogen-bond acceptors (Lipinski definition) is 16. The summed E-state index contributed by atoms with van der Waals surface area (Å²) >= 11 is 0. The first-order valence-electron chi connectivity index (χ1n) is 26.3. The number of methoxy groups -OCH3 is 4. The second kappa shape index (κ2) is 29.1. The average molecular weight is 1030 g/mol. The molecule has 17 nitrogen and oxygen atoms in total. The molecular formula is C56H85NO16. The van der Waals surface area contributed by atoms with Crippen molar-refractivity contribution in [3.05, 3.63) is 47.6 Å². The molecule has 0 aromatic heterocycles. The quantitative estimate of drug-likeness (QED) is 0.101. The van der Waals surface area contributed by atoms with Gasteiger partial charge in [0.2, 0.25) is 5.79 Å². The summed E-state index contributed by atoms with van der Waals surface area (Å²) in [6.45, 7) is 12.6. The van der Waals surface area contributed by atoms with Crippen LogP contribution in [0.15, 0.2) is 47.6 Å². The topological polar surface area (TPSA) is 228 Å². The van der Waals surface area contributed by atoms with E-state index in [9.17, 15) is 43.8 Å². The minimum Gasteiger partial charge on any atom is -0.469 e. The third kappa shape index (κ3) is 17.1. The van der Waals surface area contributed by atoms with E-state index in [1.807, 2.05) is 51.2 Å². The number of ether oxygens (including phenoxy) is 7. The highest BCUT2D eigenvalue weighted by atomic mass is 16.6. The second-order valence-electron chi connectivity index (χ2n) is 21.1. The Bertz CT molecular complexity index is 2030. The monoisotopic (exact) mass is 1030 g/mol. The highest BCUT2D eigenvalue weighted by Gasteiger charge is 2.53. The number of carbonyl (C=O) groups is 7. The summed E-state index contributed by atoms with van der Waals surface area (Å²) < 4.78 is 40.0. The van der Waals surface area contributed by atoms with Gasteiger partial charge >= 0.3 is 17.9 Å². The van der Waals surface area contributed by atoms with E-state index in [2.05, 4.69) is 4.74 Å². The smallest absolute Gasteiger partial charge is 0.329 e. The molecule has 3 aliphatic heterocycles. The number of nitrogens with zero attached hydrogens (tertiary/aromatic N) is 1. The van der Waals surface area contributed by atoms with Crippen molar-refractivity contribution in [2.24, 2.45) is 35.5 Å². The van der Waals surface area contributed by atoms with Crippen molar-refractivity contribution in [2.45, 2.75) is 193 Å². The summed E-state index contributed by atoms with van der Waals surface area (Å²) in [6.07, 6.45) is 9.96. The molecule has 2 unspecified atom stereocenters. The normalized spacial score (nSPS) is 37.1. The third-order valence-electron chi connectivity index (χ3n) is 15.5. The van der Waals surface area contributed by atoms with Crippen LogP contribution >= 0.6 is 0 Å². The Morgan fingerprint density at radius 2 is 1.53 bits per heavy atom. The first-order chi connectivity index (χ1) is 34.6. The van der Waals surface area contributed by atoms with Gasteiger partial charge in [0.25, 0.3) is 11.7 Å². The van der Waals surface area contributed by atoms with Crippen LogP contribution in [0.3, 0.4) is 0 Å². The summed E-state index contributed by atoms with van der Waals surface area (Å²) in [6, 6.07) is -1.19. The number of Topliss-reactive ketones (excluding diaryl/α,β-unsaturated/α-hetero) is 3. The van der Waals surface area contributed by atoms with Gasteiger partial charge in [-0.25, -0.2) is 4.79 Å². The van der Waals surface area contributed by atoms with Crippen molar-refractivity contribution in [3.63, 3.8) is 0 Å².